The van der Waals surface area contributed by atoms with Gasteiger partial charge in [0, 0.05) is 12.4 Å². The van der Waals surface area contributed by atoms with Crippen molar-refractivity contribution in [3.63, 3.8) is 0 Å². The summed E-state index contributed by atoms with van der Waals surface area (Å²) in [5.74, 6) is 0.669. The fraction of sp³-hybridized carbons (Fsp3) is 0.125. The van der Waals surface area contributed by atoms with E-state index in [0.29, 0.717) is 5.82 Å². The molecule has 2 heterocycles. The van der Waals surface area contributed by atoms with Crippen LogP contribution in [0.5, 0.6) is 0 Å². The summed E-state index contributed by atoms with van der Waals surface area (Å²) >= 11 is 0. The van der Waals surface area contributed by atoms with Gasteiger partial charge in [0.2, 0.25) is 0 Å². The maximum atomic E-state index is 4.20. The van der Waals surface area contributed by atoms with Crippen LogP contribution >= 0.6 is 0 Å². The van der Waals surface area contributed by atoms with Crippen LogP contribution < -0.4 is 0 Å². The van der Waals surface area contributed by atoms with E-state index >= 15 is 0 Å². The van der Waals surface area contributed by atoms with Gasteiger partial charge >= 0.3 is 0 Å². The van der Waals surface area contributed by atoms with Crippen molar-refractivity contribution in [2.75, 3.05) is 0 Å². The van der Waals surface area contributed by atoms with E-state index < -0.39 is 0 Å². The average Bonchev–Trinajstić information content (AvgIpc) is 2.46. The van der Waals surface area contributed by atoms with Gasteiger partial charge in [0.25, 0.3) is 0 Å². The number of allylic oxidation sites excluding steroid dienone is 1. The van der Waals surface area contributed by atoms with Crippen molar-refractivity contribution in [2.24, 2.45) is 0 Å². The molecule has 0 N–H and O–H groups in total. The van der Waals surface area contributed by atoms with Gasteiger partial charge < -0.3 is 0 Å². The minimum absolute atomic E-state index is 0.669. The molecular formula is C8H8N4. The normalized spacial score (nSPS) is 10.4. The summed E-state index contributed by atoms with van der Waals surface area (Å²) in [6.45, 7) is 5.64. The molecule has 2 aromatic rings. The van der Waals surface area contributed by atoms with Crippen LogP contribution in [0.2, 0.25) is 0 Å². The van der Waals surface area contributed by atoms with Crippen LogP contribution in [0.15, 0.2) is 25.2 Å². The SMILES string of the molecule is C=C(C)c1nc2cnccn2n1. The molecule has 0 saturated carbocycles. The van der Waals surface area contributed by atoms with Gasteiger partial charge in [-0.15, -0.1) is 5.10 Å². The Kier molecular flexibility index (Phi) is 1.40. The molecule has 0 atom stereocenters. The molecule has 2 rings (SSSR count). The number of fused-ring (bicyclic) bond motifs is 1. The average molecular weight is 160 g/mol. The zero-order valence-corrected chi connectivity index (χ0v) is 6.73. The Morgan fingerprint density at radius 2 is 2.42 bits per heavy atom. The van der Waals surface area contributed by atoms with Gasteiger partial charge in [-0.2, -0.15) is 0 Å². The summed E-state index contributed by atoms with van der Waals surface area (Å²) in [6, 6.07) is 0. The second-order valence-corrected chi connectivity index (χ2v) is 2.59. The fourth-order valence-corrected chi connectivity index (χ4v) is 0.925. The maximum absolute atomic E-state index is 4.20. The second-order valence-electron chi connectivity index (χ2n) is 2.59. The van der Waals surface area contributed by atoms with Crippen LogP contribution in [0.3, 0.4) is 0 Å². The third-order valence-corrected chi connectivity index (χ3v) is 1.52. The summed E-state index contributed by atoms with van der Waals surface area (Å²) in [5, 5.41) is 4.18. The van der Waals surface area contributed by atoms with Gasteiger partial charge in [0.15, 0.2) is 11.5 Å². The highest BCUT2D eigenvalue weighted by Gasteiger charge is 2.01. The number of aromatic nitrogens is 4. The van der Waals surface area contributed by atoms with Gasteiger partial charge in [0.1, 0.15) is 0 Å². The predicted octanol–water partition coefficient (Wildman–Crippen LogP) is 1.16. The van der Waals surface area contributed by atoms with Crippen molar-refractivity contribution in [3.8, 4) is 0 Å². The van der Waals surface area contributed by atoms with E-state index in [9.17, 15) is 0 Å². The van der Waals surface area contributed by atoms with Crippen LogP contribution in [0.1, 0.15) is 12.7 Å². The molecule has 2 aromatic heterocycles. The molecule has 0 aliphatic carbocycles. The van der Waals surface area contributed by atoms with Gasteiger partial charge in [0.05, 0.1) is 6.20 Å². The number of hydrogen-bond donors (Lipinski definition) is 0. The van der Waals surface area contributed by atoms with Crippen molar-refractivity contribution < 1.29 is 0 Å². The summed E-state index contributed by atoms with van der Waals surface area (Å²) in [7, 11) is 0. The highest BCUT2D eigenvalue weighted by molar-refractivity contribution is 5.56. The van der Waals surface area contributed by atoms with E-state index in [-0.39, 0.29) is 0 Å². The Labute approximate surface area is 69.6 Å². The lowest BCUT2D eigenvalue weighted by Crippen LogP contribution is -1.86. The molecule has 0 aromatic carbocycles. The van der Waals surface area contributed by atoms with E-state index in [0.717, 1.165) is 11.2 Å². The molecule has 12 heavy (non-hydrogen) atoms. The number of hydrogen-bond acceptors (Lipinski definition) is 3. The van der Waals surface area contributed by atoms with E-state index in [4.69, 9.17) is 0 Å². The molecule has 4 heteroatoms. The van der Waals surface area contributed by atoms with Crippen molar-refractivity contribution >= 4 is 11.2 Å². The van der Waals surface area contributed by atoms with Crippen LogP contribution in [0.25, 0.3) is 11.2 Å². The molecule has 0 aliphatic rings. The molecule has 0 amide bonds. The molecule has 0 saturated heterocycles. The van der Waals surface area contributed by atoms with Gasteiger partial charge in [-0.3, -0.25) is 4.98 Å². The third-order valence-electron chi connectivity index (χ3n) is 1.52. The summed E-state index contributed by atoms with van der Waals surface area (Å²) in [5.41, 5.74) is 1.61. The molecule has 0 aliphatic heterocycles. The Balaban J connectivity index is 2.70. The number of rotatable bonds is 1. The second kappa shape index (κ2) is 2.41. The first-order chi connectivity index (χ1) is 5.77. The highest BCUT2D eigenvalue weighted by Crippen LogP contribution is 2.06. The largest absolute Gasteiger partial charge is 0.259 e. The van der Waals surface area contributed by atoms with Gasteiger partial charge in [-0.05, 0) is 12.5 Å². The van der Waals surface area contributed by atoms with Crippen LogP contribution in [0, 0.1) is 0 Å². The Hall–Kier alpha value is -1.71. The first-order valence-electron chi connectivity index (χ1n) is 3.59. The molecular weight excluding hydrogens is 152 g/mol. The van der Waals surface area contributed by atoms with Crippen molar-refractivity contribution in [1.82, 2.24) is 19.6 Å². The first kappa shape index (κ1) is 6.97. The molecule has 0 fully saturated rings. The van der Waals surface area contributed by atoms with Gasteiger partial charge in [-0.1, -0.05) is 6.58 Å². The maximum Gasteiger partial charge on any atom is 0.177 e. The monoisotopic (exact) mass is 160 g/mol. The smallest absolute Gasteiger partial charge is 0.177 e. The molecule has 60 valence electrons. The molecule has 4 nitrogen and oxygen atoms in total. The fourth-order valence-electron chi connectivity index (χ4n) is 0.925. The van der Waals surface area contributed by atoms with Crippen LogP contribution in [-0.2, 0) is 0 Å². The van der Waals surface area contributed by atoms with Crippen molar-refractivity contribution in [2.45, 2.75) is 6.92 Å². The molecule has 0 spiro atoms. The predicted molar refractivity (Wildman–Crippen MR) is 45.5 cm³/mol. The minimum Gasteiger partial charge on any atom is -0.259 e. The Morgan fingerprint density at radius 3 is 3.08 bits per heavy atom. The summed E-state index contributed by atoms with van der Waals surface area (Å²) < 4.78 is 1.68. The first-order valence-corrected chi connectivity index (χ1v) is 3.59. The zero-order chi connectivity index (χ0) is 8.55. The highest BCUT2D eigenvalue weighted by atomic mass is 15.3. The van der Waals surface area contributed by atoms with Crippen LogP contribution in [-0.4, -0.2) is 19.6 Å². The van der Waals surface area contributed by atoms with Gasteiger partial charge in [-0.25, -0.2) is 9.50 Å². The molecule has 0 radical (unpaired) electrons. The standard InChI is InChI=1S/C8H8N4/c1-6(2)8-10-7-5-9-3-4-12(7)11-8/h3-5H,1H2,2H3. The zero-order valence-electron chi connectivity index (χ0n) is 6.73. The summed E-state index contributed by atoms with van der Waals surface area (Å²) in [6.07, 6.45) is 5.10. The molecule has 0 unspecified atom stereocenters. The third kappa shape index (κ3) is 0.972. The number of nitrogens with zero attached hydrogens (tertiary/aromatic N) is 4. The summed E-state index contributed by atoms with van der Waals surface area (Å²) in [4.78, 5) is 8.13. The lowest BCUT2D eigenvalue weighted by molar-refractivity contribution is 0.936. The minimum atomic E-state index is 0.669. The Morgan fingerprint density at radius 1 is 1.58 bits per heavy atom. The van der Waals surface area contributed by atoms with Crippen molar-refractivity contribution in [3.05, 3.63) is 31.0 Å². The van der Waals surface area contributed by atoms with E-state index in [1.54, 1.807) is 23.1 Å². The van der Waals surface area contributed by atoms with E-state index in [1.807, 2.05) is 6.92 Å². The van der Waals surface area contributed by atoms with Crippen molar-refractivity contribution in [1.29, 1.82) is 0 Å². The van der Waals surface area contributed by atoms with Crippen LogP contribution in [0.4, 0.5) is 0 Å². The molecule has 0 bridgehead atoms. The lowest BCUT2D eigenvalue weighted by atomic mass is 10.3. The van der Waals surface area contributed by atoms with E-state index in [2.05, 4.69) is 21.6 Å². The lowest BCUT2D eigenvalue weighted by Gasteiger charge is -1.85. The Bertz CT molecular complexity index is 396. The topological polar surface area (TPSA) is 43.1 Å². The van der Waals surface area contributed by atoms with E-state index in [1.165, 1.54) is 0 Å². The quantitative estimate of drug-likeness (QED) is 0.628.